The maximum Gasteiger partial charge on any atom is 0.275 e. The first-order valence-electron chi connectivity index (χ1n) is 8.13. The highest BCUT2D eigenvalue weighted by atomic mass is 35.5. The first kappa shape index (κ1) is 19.8. The van der Waals surface area contributed by atoms with Crippen molar-refractivity contribution in [3.63, 3.8) is 0 Å². The van der Waals surface area contributed by atoms with Gasteiger partial charge < -0.3 is 24.8 Å². The van der Waals surface area contributed by atoms with E-state index in [1.807, 2.05) is 6.07 Å². The smallest absolute Gasteiger partial charge is 0.275 e. The van der Waals surface area contributed by atoms with Crippen LogP contribution >= 0.6 is 22.9 Å². The van der Waals surface area contributed by atoms with Crippen LogP contribution in [0.1, 0.15) is 10.5 Å². The summed E-state index contributed by atoms with van der Waals surface area (Å²) in [5, 5.41) is 8.57. The molecule has 3 aromatic rings. The molecule has 0 aliphatic heterocycles. The molecule has 0 saturated heterocycles. The first-order chi connectivity index (χ1) is 13.5. The Hall–Kier alpha value is -2.97. The summed E-state index contributed by atoms with van der Waals surface area (Å²) < 4.78 is 15.6. The van der Waals surface area contributed by atoms with Crippen molar-refractivity contribution in [3.05, 3.63) is 52.5 Å². The van der Waals surface area contributed by atoms with Crippen LogP contribution in [0.3, 0.4) is 0 Å². The molecular formula is C19H18ClN3O4S. The fourth-order valence-corrected chi connectivity index (χ4v) is 3.38. The van der Waals surface area contributed by atoms with Crippen molar-refractivity contribution in [1.29, 1.82) is 0 Å². The minimum atomic E-state index is -0.335. The monoisotopic (exact) mass is 419 g/mol. The summed E-state index contributed by atoms with van der Waals surface area (Å²) in [6, 6.07) is 10.4. The van der Waals surface area contributed by atoms with Crippen molar-refractivity contribution in [3.8, 4) is 17.2 Å². The minimum absolute atomic E-state index is 0.292. The third-order valence-electron chi connectivity index (χ3n) is 3.78. The molecule has 0 atom stereocenters. The number of nitrogens with one attached hydrogen (secondary N) is 2. The highest BCUT2D eigenvalue weighted by Gasteiger charge is 2.13. The number of methoxy groups -OCH3 is 3. The predicted molar refractivity (Wildman–Crippen MR) is 111 cm³/mol. The fourth-order valence-electron chi connectivity index (χ4n) is 2.41. The summed E-state index contributed by atoms with van der Waals surface area (Å²) in [7, 11) is 4.67. The number of hydrogen-bond donors (Lipinski definition) is 2. The van der Waals surface area contributed by atoms with E-state index in [1.54, 1.807) is 49.9 Å². The molecule has 0 spiro atoms. The Morgan fingerprint density at radius 2 is 1.64 bits per heavy atom. The number of anilines is 3. The van der Waals surface area contributed by atoms with E-state index in [9.17, 15) is 4.79 Å². The second kappa shape index (κ2) is 8.81. The Kier molecular flexibility index (Phi) is 6.23. The van der Waals surface area contributed by atoms with Gasteiger partial charge in [0.05, 0.1) is 26.4 Å². The molecule has 3 rings (SSSR count). The lowest BCUT2D eigenvalue weighted by atomic mass is 10.3. The number of benzene rings is 2. The van der Waals surface area contributed by atoms with Gasteiger partial charge in [-0.3, -0.25) is 4.79 Å². The highest BCUT2D eigenvalue weighted by Crippen LogP contribution is 2.32. The molecule has 1 amide bonds. The zero-order valence-corrected chi connectivity index (χ0v) is 17.0. The molecule has 0 saturated carbocycles. The maximum absolute atomic E-state index is 12.4. The lowest BCUT2D eigenvalue weighted by molar-refractivity contribution is 0.102. The highest BCUT2D eigenvalue weighted by molar-refractivity contribution is 7.14. The number of hydrogen-bond acceptors (Lipinski definition) is 7. The number of thiazole rings is 1. The molecule has 7 nitrogen and oxygen atoms in total. The first-order valence-corrected chi connectivity index (χ1v) is 9.39. The Labute approximate surface area is 171 Å². The lowest BCUT2D eigenvalue weighted by Crippen LogP contribution is -2.12. The van der Waals surface area contributed by atoms with Gasteiger partial charge in [0.1, 0.15) is 11.4 Å². The molecule has 1 heterocycles. The number of rotatable bonds is 7. The van der Waals surface area contributed by atoms with Crippen LogP contribution < -0.4 is 24.8 Å². The third-order valence-corrected chi connectivity index (χ3v) is 4.83. The van der Waals surface area contributed by atoms with Crippen LogP contribution in [0.5, 0.6) is 17.2 Å². The quantitative estimate of drug-likeness (QED) is 0.571. The van der Waals surface area contributed by atoms with Crippen molar-refractivity contribution >= 4 is 45.4 Å². The average molecular weight is 420 g/mol. The summed E-state index contributed by atoms with van der Waals surface area (Å²) in [5.41, 5.74) is 1.61. The van der Waals surface area contributed by atoms with Gasteiger partial charge >= 0.3 is 0 Å². The second-order valence-electron chi connectivity index (χ2n) is 5.54. The Bertz CT molecular complexity index is 993. The zero-order chi connectivity index (χ0) is 20.1. The summed E-state index contributed by atoms with van der Waals surface area (Å²) >= 11 is 7.40. The molecule has 146 valence electrons. The Morgan fingerprint density at radius 3 is 2.32 bits per heavy atom. The summed E-state index contributed by atoms with van der Waals surface area (Å²) in [4.78, 5) is 16.7. The van der Waals surface area contributed by atoms with Gasteiger partial charge in [0.25, 0.3) is 5.91 Å². The normalized spacial score (nSPS) is 10.3. The molecule has 0 bridgehead atoms. The summed E-state index contributed by atoms with van der Waals surface area (Å²) in [6.45, 7) is 0. The van der Waals surface area contributed by atoms with E-state index < -0.39 is 0 Å². The van der Waals surface area contributed by atoms with E-state index in [0.29, 0.717) is 38.8 Å². The SMILES string of the molecule is COc1ccc(NC(=O)c2csc(Nc3ccc(OC)c(OC)c3)n2)cc1Cl. The summed E-state index contributed by atoms with van der Waals surface area (Å²) in [5.74, 6) is 1.43. The van der Waals surface area contributed by atoms with Crippen molar-refractivity contribution in [2.75, 3.05) is 32.0 Å². The number of nitrogens with zero attached hydrogens (tertiary/aromatic N) is 1. The van der Waals surface area contributed by atoms with E-state index >= 15 is 0 Å². The zero-order valence-electron chi connectivity index (χ0n) is 15.4. The van der Waals surface area contributed by atoms with E-state index in [0.717, 1.165) is 5.69 Å². The molecule has 0 radical (unpaired) electrons. The van der Waals surface area contributed by atoms with E-state index in [-0.39, 0.29) is 5.91 Å². The van der Waals surface area contributed by atoms with Gasteiger partial charge in [-0.15, -0.1) is 11.3 Å². The summed E-state index contributed by atoms with van der Waals surface area (Å²) in [6.07, 6.45) is 0. The number of carbonyl (C=O) groups excluding carboxylic acids is 1. The van der Waals surface area contributed by atoms with Crippen LogP contribution in [0, 0.1) is 0 Å². The van der Waals surface area contributed by atoms with Gasteiger partial charge in [-0.25, -0.2) is 4.98 Å². The van der Waals surface area contributed by atoms with Crippen molar-refractivity contribution < 1.29 is 19.0 Å². The average Bonchev–Trinajstić information content (AvgIpc) is 3.16. The predicted octanol–water partition coefficient (Wildman–Crippen LogP) is 4.82. The molecule has 1 aromatic heterocycles. The molecule has 0 aliphatic carbocycles. The molecule has 28 heavy (non-hydrogen) atoms. The Morgan fingerprint density at radius 1 is 0.964 bits per heavy atom. The van der Waals surface area contributed by atoms with Crippen LogP contribution in [-0.4, -0.2) is 32.2 Å². The maximum atomic E-state index is 12.4. The minimum Gasteiger partial charge on any atom is -0.495 e. The van der Waals surface area contributed by atoms with Crippen LogP contribution in [-0.2, 0) is 0 Å². The van der Waals surface area contributed by atoms with Crippen LogP contribution in [0.4, 0.5) is 16.5 Å². The molecule has 9 heteroatoms. The third kappa shape index (κ3) is 4.47. The fraction of sp³-hybridized carbons (Fsp3) is 0.158. The standard InChI is InChI=1S/C19H18ClN3O4S/c1-25-15-6-4-11(8-13(15)20)21-18(24)14-10-28-19(23-14)22-12-5-7-16(26-2)17(9-12)27-3/h4-10H,1-3H3,(H,21,24)(H,22,23). The van der Waals surface area contributed by atoms with E-state index in [2.05, 4.69) is 15.6 Å². The van der Waals surface area contributed by atoms with E-state index in [4.69, 9.17) is 25.8 Å². The van der Waals surface area contributed by atoms with Gasteiger partial charge in [-0.05, 0) is 30.3 Å². The van der Waals surface area contributed by atoms with Gasteiger partial charge in [-0.1, -0.05) is 11.6 Å². The number of amides is 1. The molecular weight excluding hydrogens is 402 g/mol. The van der Waals surface area contributed by atoms with Gasteiger partial charge in [0.15, 0.2) is 16.6 Å². The molecule has 0 fully saturated rings. The number of halogens is 1. The topological polar surface area (TPSA) is 81.7 Å². The molecule has 2 N–H and O–H groups in total. The van der Waals surface area contributed by atoms with Gasteiger partial charge in [0, 0.05) is 22.8 Å². The second-order valence-corrected chi connectivity index (χ2v) is 6.80. The lowest BCUT2D eigenvalue weighted by Gasteiger charge is -2.09. The van der Waals surface area contributed by atoms with Crippen LogP contribution in [0.15, 0.2) is 41.8 Å². The van der Waals surface area contributed by atoms with E-state index in [1.165, 1.54) is 18.4 Å². The molecule has 0 aliphatic rings. The van der Waals surface area contributed by atoms with Gasteiger partial charge in [0.2, 0.25) is 0 Å². The number of ether oxygens (including phenoxy) is 3. The van der Waals surface area contributed by atoms with Crippen molar-refractivity contribution in [2.45, 2.75) is 0 Å². The Balaban J connectivity index is 1.69. The number of carbonyl (C=O) groups is 1. The molecule has 2 aromatic carbocycles. The molecule has 0 unspecified atom stereocenters. The number of aromatic nitrogens is 1. The van der Waals surface area contributed by atoms with Crippen LogP contribution in [0.2, 0.25) is 5.02 Å². The van der Waals surface area contributed by atoms with Crippen LogP contribution in [0.25, 0.3) is 0 Å². The van der Waals surface area contributed by atoms with Crippen molar-refractivity contribution in [1.82, 2.24) is 4.98 Å². The largest absolute Gasteiger partial charge is 0.495 e. The van der Waals surface area contributed by atoms with Gasteiger partial charge in [-0.2, -0.15) is 0 Å². The van der Waals surface area contributed by atoms with Crippen molar-refractivity contribution in [2.24, 2.45) is 0 Å².